The maximum atomic E-state index is 12.6. The molecule has 2 aliphatic heterocycles. The second-order valence-electron chi connectivity index (χ2n) is 8.02. The Labute approximate surface area is 174 Å². The summed E-state index contributed by atoms with van der Waals surface area (Å²) >= 11 is 6.53. The summed E-state index contributed by atoms with van der Waals surface area (Å²) in [6.07, 6.45) is 7.99. The molecule has 0 atom stereocenters. The normalized spacial score (nSPS) is 20.9. The van der Waals surface area contributed by atoms with E-state index in [9.17, 15) is 4.79 Å². The lowest BCUT2D eigenvalue weighted by atomic mass is 9.96. The summed E-state index contributed by atoms with van der Waals surface area (Å²) in [4.78, 5) is 21.2. The monoisotopic (exact) mass is 416 g/mol. The quantitative estimate of drug-likeness (QED) is 0.762. The van der Waals surface area contributed by atoms with Crippen LogP contribution in [0.15, 0.2) is 18.6 Å². The second kappa shape index (κ2) is 7.91. The Kier molecular flexibility index (Phi) is 5.13. The van der Waals surface area contributed by atoms with E-state index >= 15 is 0 Å². The van der Waals surface area contributed by atoms with Crippen molar-refractivity contribution in [3.63, 3.8) is 0 Å². The Morgan fingerprint density at radius 3 is 2.55 bits per heavy atom. The van der Waals surface area contributed by atoms with Gasteiger partial charge in [-0.05, 0) is 31.7 Å². The van der Waals surface area contributed by atoms with E-state index in [2.05, 4.69) is 24.6 Å². The molecule has 0 unspecified atom stereocenters. The molecule has 3 fully saturated rings. The highest BCUT2D eigenvalue weighted by molar-refractivity contribution is 6.33. The van der Waals surface area contributed by atoms with Crippen molar-refractivity contribution in [2.45, 2.75) is 37.6 Å². The molecule has 9 heteroatoms. The Morgan fingerprint density at radius 2 is 1.86 bits per heavy atom. The van der Waals surface area contributed by atoms with Crippen LogP contribution in [-0.2, 0) is 4.74 Å². The van der Waals surface area contributed by atoms with Crippen molar-refractivity contribution in [1.29, 1.82) is 0 Å². The minimum absolute atomic E-state index is 0.0348. The predicted octanol–water partition coefficient (Wildman–Crippen LogP) is 2.52. The number of morpholine rings is 1. The molecule has 0 spiro atoms. The first-order valence-electron chi connectivity index (χ1n) is 10.4. The zero-order chi connectivity index (χ0) is 19.8. The number of hydrogen-bond donors (Lipinski definition) is 0. The fourth-order valence-corrected chi connectivity index (χ4v) is 4.54. The number of carbonyl (C=O) groups excluding carboxylic acids is 1. The van der Waals surface area contributed by atoms with Gasteiger partial charge in [-0.3, -0.25) is 4.79 Å². The largest absolute Gasteiger partial charge is 0.378 e. The highest BCUT2D eigenvalue weighted by atomic mass is 35.5. The molecule has 0 radical (unpaired) electrons. The van der Waals surface area contributed by atoms with Crippen molar-refractivity contribution >= 4 is 23.3 Å². The topological polar surface area (TPSA) is 76.4 Å². The van der Waals surface area contributed by atoms with Crippen LogP contribution < -0.4 is 4.90 Å². The molecule has 8 nitrogen and oxygen atoms in total. The van der Waals surface area contributed by atoms with Crippen molar-refractivity contribution in [3.05, 3.63) is 35.0 Å². The van der Waals surface area contributed by atoms with E-state index in [-0.39, 0.29) is 5.91 Å². The molecular weight excluding hydrogens is 392 g/mol. The van der Waals surface area contributed by atoms with Gasteiger partial charge in [-0.2, -0.15) is 0 Å². The van der Waals surface area contributed by atoms with Crippen molar-refractivity contribution in [3.8, 4) is 0 Å². The van der Waals surface area contributed by atoms with Gasteiger partial charge < -0.3 is 19.1 Å². The van der Waals surface area contributed by atoms with Crippen LogP contribution in [0.5, 0.6) is 0 Å². The molecule has 0 N–H and O–H groups in total. The number of aromatic nitrogens is 4. The van der Waals surface area contributed by atoms with Crippen LogP contribution in [0.3, 0.4) is 0 Å². The summed E-state index contributed by atoms with van der Waals surface area (Å²) < 4.78 is 7.58. The summed E-state index contributed by atoms with van der Waals surface area (Å²) in [5.74, 6) is 2.27. The van der Waals surface area contributed by atoms with Gasteiger partial charge in [-0.15, -0.1) is 10.2 Å². The van der Waals surface area contributed by atoms with Gasteiger partial charge >= 0.3 is 0 Å². The van der Waals surface area contributed by atoms with E-state index in [1.807, 2.05) is 6.33 Å². The van der Waals surface area contributed by atoms with Crippen LogP contribution in [0.2, 0.25) is 5.02 Å². The number of anilines is 1. The first kappa shape index (κ1) is 18.8. The third-order valence-corrected chi connectivity index (χ3v) is 6.35. The van der Waals surface area contributed by atoms with Gasteiger partial charge in [0.1, 0.15) is 18.0 Å². The Balaban J connectivity index is 1.25. The molecule has 0 aromatic carbocycles. The van der Waals surface area contributed by atoms with E-state index in [0.29, 0.717) is 48.8 Å². The molecule has 0 bridgehead atoms. The summed E-state index contributed by atoms with van der Waals surface area (Å²) in [5.41, 5.74) is 0.535. The third kappa shape index (κ3) is 3.83. The maximum absolute atomic E-state index is 12.6. The molecule has 4 heterocycles. The Hall–Kier alpha value is -2.19. The van der Waals surface area contributed by atoms with Gasteiger partial charge in [0, 0.05) is 44.3 Å². The molecule has 1 amide bonds. The first-order valence-corrected chi connectivity index (χ1v) is 10.8. The number of ether oxygens (including phenoxy) is 1. The zero-order valence-corrected chi connectivity index (χ0v) is 17.1. The minimum atomic E-state index is -0.0348. The lowest BCUT2D eigenvalue weighted by molar-refractivity contribution is 0.0302. The summed E-state index contributed by atoms with van der Waals surface area (Å²) in [5, 5.41) is 9.06. The number of rotatable bonds is 4. The minimum Gasteiger partial charge on any atom is -0.378 e. The Morgan fingerprint density at radius 1 is 1.10 bits per heavy atom. The van der Waals surface area contributed by atoms with Gasteiger partial charge in [-0.1, -0.05) is 11.6 Å². The predicted molar refractivity (Wildman–Crippen MR) is 108 cm³/mol. The van der Waals surface area contributed by atoms with Gasteiger partial charge in [0.25, 0.3) is 5.91 Å². The molecule has 3 aliphatic rings. The fraction of sp³-hybridized carbons (Fsp3) is 0.600. The van der Waals surface area contributed by atoms with Gasteiger partial charge in [-0.25, -0.2) is 4.98 Å². The molecular formula is C20H25ClN6O2. The smallest absolute Gasteiger partial charge is 0.255 e. The fourth-order valence-electron chi connectivity index (χ4n) is 4.26. The maximum Gasteiger partial charge on any atom is 0.255 e. The van der Waals surface area contributed by atoms with Gasteiger partial charge in [0.2, 0.25) is 0 Å². The highest BCUT2D eigenvalue weighted by Gasteiger charge is 2.31. The number of nitrogens with zero attached hydrogens (tertiary/aromatic N) is 6. The van der Waals surface area contributed by atoms with Crippen molar-refractivity contribution in [1.82, 2.24) is 24.6 Å². The lowest BCUT2D eigenvalue weighted by Crippen LogP contribution is -2.40. The van der Waals surface area contributed by atoms with Crippen molar-refractivity contribution < 1.29 is 9.53 Å². The number of pyridine rings is 1. The standard InChI is InChI=1S/C20H25ClN6O2/c21-17-11-15(20(28)26-7-9-29-10-8-26)12-22-19(17)25-5-3-14(4-6-25)18-24-23-13-27(18)16-1-2-16/h11-14,16H,1-10H2. The SMILES string of the molecule is O=C(c1cnc(N2CCC(c3nncn3C3CC3)CC2)c(Cl)c1)N1CCOCC1. The third-order valence-electron chi connectivity index (χ3n) is 6.07. The molecule has 1 aliphatic carbocycles. The number of piperidine rings is 1. The second-order valence-corrected chi connectivity index (χ2v) is 8.43. The van der Waals surface area contributed by atoms with E-state index in [4.69, 9.17) is 16.3 Å². The van der Waals surface area contributed by atoms with Crippen molar-refractivity contribution in [2.75, 3.05) is 44.3 Å². The molecule has 2 aromatic rings. The number of amides is 1. The highest BCUT2D eigenvalue weighted by Crippen LogP contribution is 2.39. The summed E-state index contributed by atoms with van der Waals surface area (Å²) in [7, 11) is 0. The van der Waals surface area contributed by atoms with Crippen LogP contribution >= 0.6 is 11.6 Å². The van der Waals surface area contributed by atoms with Crippen LogP contribution in [0.25, 0.3) is 0 Å². The number of carbonyl (C=O) groups is 1. The lowest BCUT2D eigenvalue weighted by Gasteiger charge is -2.33. The molecule has 1 saturated carbocycles. The average Bonchev–Trinajstić information content (AvgIpc) is 3.50. The van der Waals surface area contributed by atoms with Crippen LogP contribution in [-0.4, -0.2) is 69.9 Å². The van der Waals surface area contributed by atoms with Crippen LogP contribution in [0.4, 0.5) is 5.82 Å². The van der Waals surface area contributed by atoms with E-state index in [0.717, 1.165) is 37.6 Å². The summed E-state index contributed by atoms with van der Waals surface area (Å²) in [6, 6.07) is 2.35. The van der Waals surface area contributed by atoms with Gasteiger partial charge in [0.15, 0.2) is 0 Å². The number of hydrogen-bond acceptors (Lipinski definition) is 6. The average molecular weight is 417 g/mol. The van der Waals surface area contributed by atoms with Crippen molar-refractivity contribution in [2.24, 2.45) is 0 Å². The van der Waals surface area contributed by atoms with Crippen LogP contribution in [0.1, 0.15) is 53.8 Å². The molecule has 2 aromatic heterocycles. The number of halogens is 1. The molecule has 5 rings (SSSR count). The Bertz CT molecular complexity index is 885. The molecule has 2 saturated heterocycles. The van der Waals surface area contributed by atoms with E-state index in [1.165, 1.54) is 12.8 Å². The van der Waals surface area contributed by atoms with Gasteiger partial charge in [0.05, 0.1) is 23.8 Å². The van der Waals surface area contributed by atoms with Crippen LogP contribution in [0, 0.1) is 0 Å². The molecule has 29 heavy (non-hydrogen) atoms. The molecule has 154 valence electrons. The summed E-state index contributed by atoms with van der Waals surface area (Å²) in [6.45, 7) is 4.11. The first-order chi connectivity index (χ1) is 14.2. The van der Waals surface area contributed by atoms with E-state index < -0.39 is 0 Å². The zero-order valence-electron chi connectivity index (χ0n) is 16.3. The van der Waals surface area contributed by atoms with E-state index in [1.54, 1.807) is 17.2 Å².